The number of nitrogens with one attached hydrogen (secondary N) is 2. The molecule has 0 saturated heterocycles. The van der Waals surface area contributed by atoms with E-state index in [4.69, 9.17) is 9.84 Å². The number of nitrogens with zero attached hydrogens (tertiary/aromatic N) is 5. The monoisotopic (exact) mass is 715 g/mol. The Morgan fingerprint density at radius 1 is 0.792 bits per heavy atom. The predicted molar refractivity (Wildman–Crippen MR) is 158 cm³/mol. The van der Waals surface area contributed by atoms with Gasteiger partial charge >= 0.3 is 65.2 Å². The van der Waals surface area contributed by atoms with E-state index >= 15 is 0 Å². The van der Waals surface area contributed by atoms with Crippen LogP contribution in [0.2, 0.25) is 0 Å². The first-order valence-corrected chi connectivity index (χ1v) is 15.6. The smallest absolute Gasteiger partial charge is 0.744 e. The standard InChI is InChI=1S/C27H22FN7O9S2.2Na/c28-25-31-26(29-16-5-8-18(9-6-16)44-12-11-36)33-27(32-25)30-17-7-10-19-15(13-17)14-22(46(41,42)43)23(24(19)37)35-34-20-3-1-2-4-21(20)45(38,39)40;;/h1-10,13-14,36-37H,11-12H2,(H,38,39,40)(H,41,42,43)(H2,29,30,31,32,33);;/q;2*+1/p-2. The molecule has 0 saturated carbocycles. The maximum absolute atomic E-state index is 14.3. The normalized spacial score (nSPS) is 11.5. The molecule has 0 aliphatic carbocycles. The number of hydrogen-bond acceptors (Lipinski definition) is 16. The third kappa shape index (κ3) is 9.64. The Kier molecular flexibility index (Phi) is 13.3. The molecule has 5 aromatic rings. The maximum atomic E-state index is 14.3. The second-order valence-electron chi connectivity index (χ2n) is 9.18. The van der Waals surface area contributed by atoms with Crippen LogP contribution in [0.4, 0.5) is 39.0 Å². The van der Waals surface area contributed by atoms with Crippen LogP contribution in [0, 0.1) is 6.08 Å². The van der Waals surface area contributed by atoms with E-state index in [0.29, 0.717) is 11.4 Å². The van der Waals surface area contributed by atoms with Gasteiger partial charge in [0.2, 0.25) is 11.9 Å². The third-order valence-corrected chi connectivity index (χ3v) is 7.78. The molecule has 16 nitrogen and oxygen atoms in total. The number of anilines is 4. The van der Waals surface area contributed by atoms with Gasteiger partial charge in [-0.1, -0.05) is 12.1 Å². The summed E-state index contributed by atoms with van der Waals surface area (Å²) in [6.45, 7) is -0.0398. The Morgan fingerprint density at radius 3 is 2.02 bits per heavy atom. The molecule has 4 N–H and O–H groups in total. The molecule has 1 aromatic heterocycles. The van der Waals surface area contributed by atoms with E-state index < -0.39 is 53.2 Å². The first-order valence-electron chi connectivity index (χ1n) is 12.8. The van der Waals surface area contributed by atoms with Gasteiger partial charge < -0.3 is 34.7 Å². The van der Waals surface area contributed by atoms with Gasteiger partial charge in [-0.2, -0.15) is 19.3 Å². The zero-order valence-electron chi connectivity index (χ0n) is 25.0. The van der Waals surface area contributed by atoms with Gasteiger partial charge in [-0.3, -0.25) is 0 Å². The minimum Gasteiger partial charge on any atom is -0.744 e. The van der Waals surface area contributed by atoms with Crippen LogP contribution in [0.5, 0.6) is 11.5 Å². The molecule has 0 amide bonds. The van der Waals surface area contributed by atoms with Crippen molar-refractivity contribution in [1.29, 1.82) is 0 Å². The molecule has 0 atom stereocenters. The average Bonchev–Trinajstić information content (AvgIpc) is 2.99. The van der Waals surface area contributed by atoms with Gasteiger partial charge in [0.1, 0.15) is 44.0 Å². The largest absolute Gasteiger partial charge is 1.00 e. The van der Waals surface area contributed by atoms with Crippen LogP contribution in [0.25, 0.3) is 10.8 Å². The molecular weight excluding hydrogens is 695 g/mol. The minimum absolute atomic E-state index is 0. The van der Waals surface area contributed by atoms with E-state index in [1.165, 1.54) is 30.3 Å². The van der Waals surface area contributed by atoms with Gasteiger partial charge in [0.05, 0.1) is 16.4 Å². The van der Waals surface area contributed by atoms with E-state index in [-0.39, 0.29) is 101 Å². The quantitative estimate of drug-likeness (QED) is 0.0654. The summed E-state index contributed by atoms with van der Waals surface area (Å²) in [4.78, 5) is 9.55. The van der Waals surface area contributed by atoms with Crippen LogP contribution in [-0.4, -0.2) is 64.3 Å². The van der Waals surface area contributed by atoms with Gasteiger partial charge in [0.25, 0.3) is 0 Å². The number of halogens is 1. The number of hydrogen-bond donors (Lipinski definition) is 4. The van der Waals surface area contributed by atoms with Crippen molar-refractivity contribution >= 4 is 65.7 Å². The van der Waals surface area contributed by atoms with Crippen molar-refractivity contribution in [3.8, 4) is 11.5 Å². The second-order valence-corrected chi connectivity index (χ2v) is 11.9. The molecule has 0 bridgehead atoms. The van der Waals surface area contributed by atoms with Gasteiger partial charge in [-0.15, -0.1) is 10.2 Å². The first-order chi connectivity index (χ1) is 21.8. The van der Waals surface area contributed by atoms with Gasteiger partial charge in [0, 0.05) is 16.8 Å². The summed E-state index contributed by atoms with van der Waals surface area (Å²) < 4.78 is 90.6. The number of benzene rings is 4. The summed E-state index contributed by atoms with van der Waals surface area (Å²) in [5, 5.41) is 32.5. The van der Waals surface area contributed by atoms with Crippen molar-refractivity contribution < 1.29 is 104 Å². The number of ether oxygens (including phenoxy) is 1. The fraction of sp³-hybridized carbons (Fsp3) is 0.0741. The maximum Gasteiger partial charge on any atom is 1.00 e. The summed E-state index contributed by atoms with van der Waals surface area (Å²) in [5.74, 6) is -0.710. The number of phenols is 1. The number of rotatable bonds is 11. The number of fused-ring (bicyclic) bond motifs is 1. The molecule has 1 heterocycles. The fourth-order valence-corrected chi connectivity index (χ4v) is 5.35. The molecule has 0 aliphatic rings. The molecule has 0 unspecified atom stereocenters. The summed E-state index contributed by atoms with van der Waals surface area (Å²) in [7, 11) is -10.3. The van der Waals surface area contributed by atoms with Crippen molar-refractivity contribution in [3.05, 3.63) is 78.9 Å². The van der Waals surface area contributed by atoms with Crippen LogP contribution >= 0.6 is 0 Å². The van der Waals surface area contributed by atoms with E-state index in [2.05, 4.69) is 35.8 Å². The third-order valence-electron chi connectivity index (χ3n) is 6.05. The zero-order valence-corrected chi connectivity index (χ0v) is 30.7. The Labute approximate surface area is 316 Å². The molecule has 48 heavy (non-hydrogen) atoms. The van der Waals surface area contributed by atoms with Crippen molar-refractivity contribution in [1.82, 2.24) is 15.0 Å². The molecule has 0 spiro atoms. The number of aliphatic hydroxyl groups is 1. The Bertz CT molecular complexity index is 2200. The van der Waals surface area contributed by atoms with Crippen molar-refractivity contribution in [2.24, 2.45) is 10.2 Å². The van der Waals surface area contributed by atoms with Crippen LogP contribution < -0.4 is 74.5 Å². The van der Waals surface area contributed by atoms with Crippen LogP contribution in [0.3, 0.4) is 0 Å². The predicted octanol–water partition coefficient (Wildman–Crippen LogP) is -2.04. The van der Waals surface area contributed by atoms with Crippen molar-refractivity contribution in [3.63, 3.8) is 0 Å². The molecule has 0 aliphatic heterocycles. The molecule has 0 fully saturated rings. The van der Waals surface area contributed by atoms with Crippen LogP contribution in [0.15, 0.2) is 92.8 Å². The Balaban J connectivity index is 0.00000312. The first kappa shape index (κ1) is 39.1. The van der Waals surface area contributed by atoms with Crippen LogP contribution in [0.1, 0.15) is 0 Å². The fourth-order valence-electron chi connectivity index (χ4n) is 4.09. The topological polar surface area (TPSA) is 252 Å². The molecule has 238 valence electrons. The zero-order chi connectivity index (χ0) is 33.1. The second kappa shape index (κ2) is 16.4. The van der Waals surface area contributed by atoms with E-state index in [0.717, 1.165) is 18.2 Å². The summed E-state index contributed by atoms with van der Waals surface area (Å²) >= 11 is 0. The minimum atomic E-state index is -5.28. The molecule has 4 aromatic carbocycles. The SMILES string of the molecule is O=S(=O)([O-])c1ccccc1N=Nc1c(S(=O)(=O)[O-])cc2cc(Nc3nc(F)nc(Nc4ccc(OCCO)cc4)n3)ccc2c1O.[Na+].[Na+]. The van der Waals surface area contributed by atoms with Crippen molar-refractivity contribution in [2.75, 3.05) is 23.8 Å². The number of azo groups is 1. The number of phenolic OH excluding ortho intramolecular Hbond substituents is 1. The Hall–Kier alpha value is -3.34. The Morgan fingerprint density at radius 2 is 1.40 bits per heavy atom. The van der Waals surface area contributed by atoms with E-state index in [1.54, 1.807) is 24.3 Å². The van der Waals surface area contributed by atoms with E-state index in [1.807, 2.05) is 0 Å². The van der Waals surface area contributed by atoms with Crippen molar-refractivity contribution in [2.45, 2.75) is 9.79 Å². The summed E-state index contributed by atoms with van der Waals surface area (Å²) in [6.07, 6.45) is -1.14. The number of aliphatic hydroxyl groups excluding tert-OH is 1. The average molecular weight is 716 g/mol. The number of aromatic nitrogens is 3. The number of aromatic hydroxyl groups is 1. The van der Waals surface area contributed by atoms with Gasteiger partial charge in [0.15, 0.2) is 5.75 Å². The molecule has 0 radical (unpaired) electrons. The summed E-state index contributed by atoms with van der Waals surface area (Å²) in [5.41, 5.74) is -0.573. The molecule has 5 rings (SSSR count). The summed E-state index contributed by atoms with van der Waals surface area (Å²) in [6, 6.07) is 16.0. The van der Waals surface area contributed by atoms with Gasteiger partial charge in [-0.05, 0) is 66.0 Å². The van der Waals surface area contributed by atoms with Crippen LogP contribution in [-0.2, 0) is 20.2 Å². The molecule has 21 heteroatoms. The van der Waals surface area contributed by atoms with Gasteiger partial charge in [-0.25, -0.2) is 16.8 Å². The van der Waals surface area contributed by atoms with E-state index in [9.17, 15) is 35.4 Å². The molecular formula is C27H20FN7Na2O9S2.